The van der Waals surface area contributed by atoms with Crippen LogP contribution in [0.3, 0.4) is 0 Å². The highest BCUT2D eigenvalue weighted by Gasteiger charge is 2.66. The smallest absolute Gasteiger partial charge is 0.0971 e. The Bertz CT molecular complexity index is 697. The van der Waals surface area contributed by atoms with E-state index in [1.807, 2.05) is 13.8 Å². The molecule has 4 aliphatic carbocycles. The number of ether oxygens (including phenoxy) is 1. The second-order valence-electron chi connectivity index (χ2n) is 14.7. The maximum atomic E-state index is 11.2. The normalized spacial score (nSPS) is 45.2. The first kappa shape index (κ1) is 26.9. The molecule has 0 aromatic carbocycles. The van der Waals surface area contributed by atoms with Gasteiger partial charge in [-0.2, -0.15) is 0 Å². The van der Waals surface area contributed by atoms with Gasteiger partial charge in [-0.15, -0.1) is 0 Å². The summed E-state index contributed by atoms with van der Waals surface area (Å²) in [5.41, 5.74) is -0.624. The zero-order valence-corrected chi connectivity index (χ0v) is 23.5. The fourth-order valence-corrected chi connectivity index (χ4v) is 10.2. The van der Waals surface area contributed by atoms with Gasteiger partial charge in [0.05, 0.1) is 24.4 Å². The van der Waals surface area contributed by atoms with Gasteiger partial charge >= 0.3 is 0 Å². The van der Waals surface area contributed by atoms with Gasteiger partial charge in [-0.25, -0.2) is 0 Å². The molecule has 0 unspecified atom stereocenters. The van der Waals surface area contributed by atoms with Crippen molar-refractivity contribution in [2.75, 3.05) is 13.2 Å². The van der Waals surface area contributed by atoms with Gasteiger partial charge in [-0.1, -0.05) is 53.9 Å². The van der Waals surface area contributed by atoms with E-state index in [2.05, 4.69) is 34.6 Å². The Morgan fingerprint density at radius 3 is 2.29 bits per heavy atom. The van der Waals surface area contributed by atoms with Crippen LogP contribution in [0.5, 0.6) is 0 Å². The summed E-state index contributed by atoms with van der Waals surface area (Å²) in [5.74, 6) is 5.73. The highest BCUT2D eigenvalue weighted by molar-refractivity contribution is 5.16. The van der Waals surface area contributed by atoms with Crippen LogP contribution >= 0.6 is 0 Å². The zero-order chi connectivity index (χ0) is 24.9. The molecule has 0 spiro atoms. The molecule has 198 valence electrons. The van der Waals surface area contributed by atoms with Gasteiger partial charge in [0, 0.05) is 0 Å². The maximum absolute atomic E-state index is 11.2. The lowest BCUT2D eigenvalue weighted by atomic mass is 9.47. The summed E-state index contributed by atoms with van der Waals surface area (Å²) in [6, 6.07) is 0. The fourth-order valence-electron chi connectivity index (χ4n) is 10.2. The first-order chi connectivity index (χ1) is 15.9. The van der Waals surface area contributed by atoms with Crippen LogP contribution in [-0.4, -0.2) is 34.6 Å². The molecule has 9 atom stereocenters. The van der Waals surface area contributed by atoms with Crippen molar-refractivity contribution < 1.29 is 14.9 Å². The molecule has 4 aliphatic rings. The van der Waals surface area contributed by atoms with Crippen LogP contribution < -0.4 is 0 Å². The van der Waals surface area contributed by atoms with Crippen molar-refractivity contribution in [3.8, 4) is 0 Å². The lowest BCUT2D eigenvalue weighted by Crippen LogP contribution is -2.53. The fraction of sp³-hybridized carbons (Fsp3) is 1.00. The highest BCUT2D eigenvalue weighted by Crippen LogP contribution is 2.71. The summed E-state index contributed by atoms with van der Waals surface area (Å²) in [5, 5.41) is 20.7. The van der Waals surface area contributed by atoms with Gasteiger partial charge in [0.1, 0.15) is 0 Å². The van der Waals surface area contributed by atoms with Gasteiger partial charge in [0.2, 0.25) is 0 Å². The number of fused-ring (bicyclic) bond motifs is 5. The Hall–Kier alpha value is -0.120. The molecule has 0 aliphatic heterocycles. The van der Waals surface area contributed by atoms with Crippen molar-refractivity contribution in [1.82, 2.24) is 0 Å². The molecule has 0 aromatic heterocycles. The summed E-state index contributed by atoms with van der Waals surface area (Å²) < 4.78 is 6.35. The topological polar surface area (TPSA) is 49.7 Å². The summed E-state index contributed by atoms with van der Waals surface area (Å²) in [4.78, 5) is 0. The average Bonchev–Trinajstić information content (AvgIpc) is 3.26. The van der Waals surface area contributed by atoms with E-state index in [9.17, 15) is 10.2 Å². The van der Waals surface area contributed by atoms with Crippen molar-refractivity contribution in [3.05, 3.63) is 0 Å². The molecular weight excluding hydrogens is 420 g/mol. The molecule has 3 nitrogen and oxygen atoms in total. The summed E-state index contributed by atoms with van der Waals surface area (Å²) in [7, 11) is 0. The predicted molar refractivity (Wildman–Crippen MR) is 141 cm³/mol. The van der Waals surface area contributed by atoms with Crippen molar-refractivity contribution in [2.24, 2.45) is 52.3 Å². The summed E-state index contributed by atoms with van der Waals surface area (Å²) >= 11 is 0. The number of rotatable bonds is 9. The van der Waals surface area contributed by atoms with Crippen LogP contribution in [0, 0.1) is 52.3 Å². The van der Waals surface area contributed by atoms with Crippen LogP contribution in [0.4, 0.5) is 0 Å². The summed E-state index contributed by atoms with van der Waals surface area (Å²) in [6.45, 7) is 16.7. The molecule has 0 aromatic rings. The third kappa shape index (κ3) is 4.43. The summed E-state index contributed by atoms with van der Waals surface area (Å²) in [6.07, 6.45) is 14.4. The van der Waals surface area contributed by atoms with Crippen LogP contribution in [0.1, 0.15) is 119 Å². The average molecular weight is 477 g/mol. The molecule has 4 fully saturated rings. The van der Waals surface area contributed by atoms with Gasteiger partial charge in [0.25, 0.3) is 0 Å². The molecule has 34 heavy (non-hydrogen) atoms. The highest BCUT2D eigenvalue weighted by atomic mass is 16.5. The lowest BCUT2D eigenvalue weighted by molar-refractivity contribution is -0.176. The van der Waals surface area contributed by atoms with Gasteiger partial charge < -0.3 is 14.9 Å². The van der Waals surface area contributed by atoms with E-state index >= 15 is 0 Å². The molecule has 3 heteroatoms. The largest absolute Gasteiger partial charge is 0.394 e. The van der Waals surface area contributed by atoms with Crippen LogP contribution in [0.2, 0.25) is 0 Å². The van der Waals surface area contributed by atoms with Crippen molar-refractivity contribution in [2.45, 2.75) is 130 Å². The molecule has 0 saturated heterocycles. The Kier molecular flexibility index (Phi) is 7.63. The van der Waals surface area contributed by atoms with Gasteiger partial charge in [-0.3, -0.25) is 0 Å². The molecule has 4 rings (SSSR count). The number of aliphatic hydroxyl groups is 2. The standard InChI is InChI=1S/C31H56O3/c1-21(2)9-8-10-22(3)25-13-14-26-24-12-11-23-19-31(28(4,5)33,34-18-17-32)20-30(23,7)27(24)15-16-29(25,26)6/h21-27,32-33H,8-20H2,1-7H3/t22-,23+,24+,25-,26+,27+,29-,30+,31-/m1/s1. The minimum absolute atomic E-state index is 0.0302. The SMILES string of the molecule is CC(C)CCC[C@@H](C)[C@H]1CC[C@H]2[C@@H]3CC[C@H]4C[C@](OCCO)(C(C)(C)O)C[C@]4(C)[C@H]3CC[C@]12C. The quantitative estimate of drug-likeness (QED) is 0.369. The van der Waals surface area contributed by atoms with Gasteiger partial charge in [-0.05, 0) is 117 Å². The van der Waals surface area contributed by atoms with E-state index in [-0.39, 0.29) is 12.0 Å². The number of hydrogen-bond acceptors (Lipinski definition) is 3. The van der Waals surface area contributed by atoms with E-state index in [0.717, 1.165) is 48.3 Å². The maximum Gasteiger partial charge on any atom is 0.0971 e. The zero-order valence-electron chi connectivity index (χ0n) is 23.5. The van der Waals surface area contributed by atoms with E-state index in [1.165, 1.54) is 57.8 Å². The van der Waals surface area contributed by atoms with Crippen LogP contribution in [0.15, 0.2) is 0 Å². The minimum Gasteiger partial charge on any atom is -0.394 e. The predicted octanol–water partition coefficient (Wildman–Crippen LogP) is 7.24. The lowest BCUT2D eigenvalue weighted by Gasteiger charge is -2.58. The molecule has 2 N–H and O–H groups in total. The second-order valence-corrected chi connectivity index (χ2v) is 14.7. The first-order valence-corrected chi connectivity index (χ1v) is 14.8. The second kappa shape index (κ2) is 9.64. The monoisotopic (exact) mass is 476 g/mol. The van der Waals surface area contributed by atoms with Crippen molar-refractivity contribution >= 4 is 0 Å². The Morgan fingerprint density at radius 2 is 1.65 bits per heavy atom. The van der Waals surface area contributed by atoms with E-state index in [4.69, 9.17) is 4.74 Å². The van der Waals surface area contributed by atoms with Crippen LogP contribution in [-0.2, 0) is 4.74 Å². The van der Waals surface area contributed by atoms with E-state index in [1.54, 1.807) is 0 Å². The first-order valence-electron chi connectivity index (χ1n) is 14.8. The molecule has 0 heterocycles. The minimum atomic E-state index is -0.884. The number of aliphatic hydroxyl groups excluding tert-OH is 1. The van der Waals surface area contributed by atoms with Crippen molar-refractivity contribution in [3.63, 3.8) is 0 Å². The molecule has 0 radical (unpaired) electrons. The molecule has 4 saturated carbocycles. The van der Waals surface area contributed by atoms with Crippen molar-refractivity contribution in [1.29, 1.82) is 0 Å². The van der Waals surface area contributed by atoms with Crippen LogP contribution in [0.25, 0.3) is 0 Å². The van der Waals surface area contributed by atoms with Gasteiger partial charge in [0.15, 0.2) is 0 Å². The Morgan fingerprint density at radius 1 is 0.941 bits per heavy atom. The molecule has 0 amide bonds. The van der Waals surface area contributed by atoms with E-state index in [0.29, 0.717) is 17.9 Å². The Balaban J connectivity index is 1.51. The third-order valence-electron chi connectivity index (χ3n) is 12.1. The third-order valence-corrected chi connectivity index (χ3v) is 12.1. The molecule has 0 bridgehead atoms. The number of hydrogen-bond donors (Lipinski definition) is 2. The van der Waals surface area contributed by atoms with E-state index < -0.39 is 11.2 Å². The molecular formula is C31H56O3. The Labute approximate surface area is 210 Å².